The first-order valence-corrected chi connectivity index (χ1v) is 6.26. The Morgan fingerprint density at radius 2 is 2.29 bits per heavy atom. The summed E-state index contributed by atoms with van der Waals surface area (Å²) in [4.78, 5) is 0. The molecule has 3 atom stereocenters. The Morgan fingerprint density at radius 1 is 1.47 bits per heavy atom. The zero-order valence-electron chi connectivity index (χ0n) is 10.1. The number of rotatable bonds is 2. The van der Waals surface area contributed by atoms with E-state index in [1.54, 1.807) is 6.07 Å². The van der Waals surface area contributed by atoms with E-state index < -0.39 is 0 Å². The van der Waals surface area contributed by atoms with E-state index in [-0.39, 0.29) is 17.5 Å². The van der Waals surface area contributed by atoms with Crippen molar-refractivity contribution in [3.63, 3.8) is 0 Å². The van der Waals surface area contributed by atoms with Gasteiger partial charge < -0.3 is 10.5 Å². The maximum Gasteiger partial charge on any atom is 0.123 e. The quantitative estimate of drug-likeness (QED) is 0.853. The molecule has 0 saturated carbocycles. The van der Waals surface area contributed by atoms with Crippen molar-refractivity contribution in [2.45, 2.75) is 50.4 Å². The van der Waals surface area contributed by atoms with E-state index in [1.165, 1.54) is 6.07 Å². The van der Waals surface area contributed by atoms with E-state index in [1.807, 2.05) is 13.0 Å². The normalized spacial score (nSPS) is 35.5. The van der Waals surface area contributed by atoms with Crippen molar-refractivity contribution in [3.8, 4) is 0 Å². The van der Waals surface area contributed by atoms with Gasteiger partial charge in [0.1, 0.15) is 5.82 Å². The van der Waals surface area contributed by atoms with Crippen LogP contribution in [0.2, 0.25) is 0 Å². The molecule has 2 fully saturated rings. The standard InChI is InChI=1S/C14H18FNO/c1-9-2-3-11(15)6-10(9)7-14(16)8-12-4-5-13(14)17-12/h2-3,6,12-13H,4-5,7-8,16H2,1H3. The molecule has 2 N–H and O–H groups in total. The van der Waals surface area contributed by atoms with Crippen LogP contribution in [0.5, 0.6) is 0 Å². The molecule has 92 valence electrons. The van der Waals surface area contributed by atoms with Crippen molar-refractivity contribution in [1.82, 2.24) is 0 Å². The highest BCUT2D eigenvalue weighted by Gasteiger charge is 2.49. The molecule has 0 radical (unpaired) electrons. The van der Waals surface area contributed by atoms with Crippen LogP contribution in [-0.2, 0) is 11.2 Å². The maximum atomic E-state index is 13.3. The number of nitrogens with two attached hydrogens (primary N) is 1. The van der Waals surface area contributed by atoms with Crippen LogP contribution in [-0.4, -0.2) is 17.7 Å². The second kappa shape index (κ2) is 3.79. The van der Waals surface area contributed by atoms with Crippen LogP contribution in [0.1, 0.15) is 30.4 Å². The van der Waals surface area contributed by atoms with Gasteiger partial charge in [0.2, 0.25) is 0 Å². The molecule has 3 unspecified atom stereocenters. The molecule has 3 heteroatoms. The third-order valence-electron chi connectivity index (χ3n) is 4.19. The molecule has 17 heavy (non-hydrogen) atoms. The summed E-state index contributed by atoms with van der Waals surface area (Å²) in [5.74, 6) is -0.182. The predicted molar refractivity (Wildman–Crippen MR) is 64.3 cm³/mol. The number of hydrogen-bond donors (Lipinski definition) is 1. The molecular formula is C14H18FNO. The molecular weight excluding hydrogens is 217 g/mol. The van der Waals surface area contributed by atoms with Gasteiger partial charge in [0.25, 0.3) is 0 Å². The van der Waals surface area contributed by atoms with Crippen LogP contribution in [0.4, 0.5) is 4.39 Å². The molecule has 2 heterocycles. The molecule has 0 amide bonds. The second-order valence-electron chi connectivity index (χ2n) is 5.51. The van der Waals surface area contributed by atoms with Crippen LogP contribution < -0.4 is 5.73 Å². The van der Waals surface area contributed by atoms with Gasteiger partial charge >= 0.3 is 0 Å². The highest BCUT2D eigenvalue weighted by atomic mass is 19.1. The monoisotopic (exact) mass is 235 g/mol. The predicted octanol–water partition coefficient (Wildman–Crippen LogP) is 2.33. The lowest BCUT2D eigenvalue weighted by atomic mass is 9.77. The molecule has 2 saturated heterocycles. The molecule has 1 aromatic rings. The average molecular weight is 235 g/mol. The first-order valence-electron chi connectivity index (χ1n) is 6.26. The van der Waals surface area contributed by atoms with Crippen molar-refractivity contribution in [2.24, 2.45) is 5.73 Å². The Labute approximate surface area is 101 Å². The number of halogens is 1. The number of aryl methyl sites for hydroxylation is 1. The van der Waals surface area contributed by atoms with E-state index in [0.717, 1.165) is 36.8 Å². The molecule has 3 rings (SSSR count). The fourth-order valence-electron chi connectivity index (χ4n) is 3.21. The molecule has 2 nitrogen and oxygen atoms in total. The molecule has 0 aromatic heterocycles. The van der Waals surface area contributed by atoms with Crippen LogP contribution in [0.3, 0.4) is 0 Å². The fourth-order valence-corrected chi connectivity index (χ4v) is 3.21. The highest BCUT2D eigenvalue weighted by molar-refractivity contribution is 5.29. The highest BCUT2D eigenvalue weighted by Crippen LogP contribution is 2.42. The minimum absolute atomic E-state index is 0.162. The van der Waals surface area contributed by atoms with Crippen molar-refractivity contribution < 1.29 is 9.13 Å². The summed E-state index contributed by atoms with van der Waals surface area (Å²) in [6.45, 7) is 2.01. The zero-order chi connectivity index (χ0) is 12.0. The van der Waals surface area contributed by atoms with Gasteiger partial charge in [-0.15, -0.1) is 0 Å². The van der Waals surface area contributed by atoms with Gasteiger partial charge in [-0.05, 0) is 55.9 Å². The summed E-state index contributed by atoms with van der Waals surface area (Å²) in [6.07, 6.45) is 4.31. The number of benzene rings is 1. The lowest BCUT2D eigenvalue weighted by Gasteiger charge is -2.31. The van der Waals surface area contributed by atoms with Crippen molar-refractivity contribution in [1.29, 1.82) is 0 Å². The Bertz CT molecular complexity index is 448. The van der Waals surface area contributed by atoms with Gasteiger partial charge in [-0.1, -0.05) is 6.07 Å². The lowest BCUT2D eigenvalue weighted by molar-refractivity contribution is 0.0856. The first kappa shape index (κ1) is 11.2. The maximum absolute atomic E-state index is 13.3. The molecule has 2 bridgehead atoms. The van der Waals surface area contributed by atoms with Gasteiger partial charge in [0, 0.05) is 5.54 Å². The molecule has 2 aliphatic heterocycles. The van der Waals surface area contributed by atoms with Crippen molar-refractivity contribution >= 4 is 0 Å². The van der Waals surface area contributed by atoms with Crippen LogP contribution >= 0.6 is 0 Å². The van der Waals surface area contributed by atoms with Crippen LogP contribution in [0, 0.1) is 12.7 Å². The fraction of sp³-hybridized carbons (Fsp3) is 0.571. The van der Waals surface area contributed by atoms with E-state index >= 15 is 0 Å². The molecule has 1 aromatic carbocycles. The molecule has 0 spiro atoms. The topological polar surface area (TPSA) is 35.2 Å². The third-order valence-corrected chi connectivity index (χ3v) is 4.19. The number of ether oxygens (including phenoxy) is 1. The average Bonchev–Trinajstić information content (AvgIpc) is 2.83. The smallest absolute Gasteiger partial charge is 0.123 e. The van der Waals surface area contributed by atoms with E-state index in [0.29, 0.717) is 6.10 Å². The molecule has 0 aliphatic carbocycles. The summed E-state index contributed by atoms with van der Waals surface area (Å²) in [6, 6.07) is 4.93. The Balaban J connectivity index is 1.85. The Hall–Kier alpha value is -0.930. The lowest BCUT2D eigenvalue weighted by Crippen LogP contribution is -2.50. The summed E-state index contributed by atoms with van der Waals surface area (Å²) >= 11 is 0. The van der Waals surface area contributed by atoms with E-state index in [9.17, 15) is 4.39 Å². The number of fused-ring (bicyclic) bond motifs is 2. The summed E-state index contributed by atoms with van der Waals surface area (Å²) in [5.41, 5.74) is 8.29. The minimum Gasteiger partial charge on any atom is -0.373 e. The minimum atomic E-state index is -0.290. The van der Waals surface area contributed by atoms with Gasteiger partial charge in [-0.2, -0.15) is 0 Å². The largest absolute Gasteiger partial charge is 0.373 e. The van der Waals surface area contributed by atoms with E-state index in [2.05, 4.69) is 0 Å². The van der Waals surface area contributed by atoms with Gasteiger partial charge in [0.15, 0.2) is 0 Å². The van der Waals surface area contributed by atoms with Crippen molar-refractivity contribution in [3.05, 3.63) is 35.1 Å². The van der Waals surface area contributed by atoms with Gasteiger partial charge in [0.05, 0.1) is 12.2 Å². The summed E-state index contributed by atoms with van der Waals surface area (Å²) in [5, 5.41) is 0. The van der Waals surface area contributed by atoms with Gasteiger partial charge in [-0.3, -0.25) is 0 Å². The summed E-state index contributed by atoms with van der Waals surface area (Å²) < 4.78 is 19.1. The van der Waals surface area contributed by atoms with Crippen LogP contribution in [0.15, 0.2) is 18.2 Å². The zero-order valence-corrected chi connectivity index (χ0v) is 10.1. The van der Waals surface area contributed by atoms with E-state index in [4.69, 9.17) is 10.5 Å². The van der Waals surface area contributed by atoms with Crippen molar-refractivity contribution in [2.75, 3.05) is 0 Å². The SMILES string of the molecule is Cc1ccc(F)cc1CC1(N)CC2CCC1O2. The first-order chi connectivity index (χ1) is 8.07. The van der Waals surface area contributed by atoms with Gasteiger partial charge in [-0.25, -0.2) is 4.39 Å². The summed E-state index contributed by atoms with van der Waals surface area (Å²) in [7, 11) is 0. The number of hydrogen-bond acceptors (Lipinski definition) is 2. The third kappa shape index (κ3) is 1.87. The molecule has 2 aliphatic rings. The Kier molecular flexibility index (Phi) is 2.49. The second-order valence-corrected chi connectivity index (χ2v) is 5.51. The Morgan fingerprint density at radius 3 is 2.94 bits per heavy atom. The van der Waals surface area contributed by atoms with Crippen LogP contribution in [0.25, 0.3) is 0 Å².